The number of hydrogen-bond acceptors (Lipinski definition) is 7. The predicted molar refractivity (Wildman–Crippen MR) is 141 cm³/mol. The number of aromatic nitrogens is 1. The van der Waals surface area contributed by atoms with Gasteiger partial charge >= 0.3 is 6.03 Å². The summed E-state index contributed by atoms with van der Waals surface area (Å²) in [6.45, 7) is 10.2. The second-order valence-electron chi connectivity index (χ2n) is 8.04. The summed E-state index contributed by atoms with van der Waals surface area (Å²) in [5, 5.41) is 7.73. The number of amides is 2. The molecule has 13 heteroatoms. The van der Waals surface area contributed by atoms with Crippen LogP contribution in [0.4, 0.5) is 28.0 Å². The van der Waals surface area contributed by atoms with Gasteiger partial charge in [-0.15, -0.1) is 0 Å². The van der Waals surface area contributed by atoms with Crippen molar-refractivity contribution in [2.24, 2.45) is 10.1 Å². The Morgan fingerprint density at radius 1 is 1.28 bits per heavy atom. The van der Waals surface area contributed by atoms with Crippen LogP contribution < -0.4 is 10.1 Å². The quantitative estimate of drug-likeness (QED) is 0.125. The smallest absolute Gasteiger partial charge is 0.322 e. The van der Waals surface area contributed by atoms with Crippen molar-refractivity contribution in [1.29, 1.82) is 0 Å². The zero-order valence-electron chi connectivity index (χ0n) is 22.0. The number of hydrogen-bond donors (Lipinski definition) is 1. The zero-order chi connectivity index (χ0) is 29.1. The van der Waals surface area contributed by atoms with Gasteiger partial charge < -0.3 is 19.7 Å². The standard InChI is InChI=1S/C26H30F4N6O3/c1-7-35(26(37)34-22-9-8-10-33-25(22)38-6)13-16(2)14-36(32-5)15-19-20(27)11-18(12-21(19)28)24(31-4)39-17(3)23(29)30/h8-12,14,23H,3,5,7,13,15H2,1-2,4,6H3,(H,34,37)/b16-14+,31-24?. The summed E-state index contributed by atoms with van der Waals surface area (Å²) >= 11 is 0. The SMILES string of the molecule is C=NN(/C=C(\C)CN(CC)C(=O)Nc1cccnc1OC)Cc1c(F)cc(C(=NC)OC(=C)C(F)F)cc1F. The van der Waals surface area contributed by atoms with Crippen molar-refractivity contribution in [2.45, 2.75) is 26.8 Å². The van der Waals surface area contributed by atoms with E-state index in [-0.39, 0.29) is 30.1 Å². The number of methoxy groups -OCH3 is 1. The number of pyridine rings is 1. The van der Waals surface area contributed by atoms with E-state index in [1.807, 2.05) is 0 Å². The molecule has 0 saturated heterocycles. The maximum atomic E-state index is 14.9. The Morgan fingerprint density at radius 3 is 2.49 bits per heavy atom. The van der Waals surface area contributed by atoms with Gasteiger partial charge in [0.2, 0.25) is 11.8 Å². The number of hydrazone groups is 1. The fourth-order valence-electron chi connectivity index (χ4n) is 3.34. The first-order valence-corrected chi connectivity index (χ1v) is 11.6. The number of nitrogens with zero attached hydrogens (tertiary/aromatic N) is 5. The molecule has 0 spiro atoms. The lowest BCUT2D eigenvalue weighted by Gasteiger charge is -2.23. The topological polar surface area (TPSA) is 91.7 Å². The second kappa shape index (κ2) is 14.5. The average molecular weight is 551 g/mol. The van der Waals surface area contributed by atoms with E-state index in [9.17, 15) is 22.4 Å². The van der Waals surface area contributed by atoms with Gasteiger partial charge in [-0.2, -0.15) is 5.10 Å². The van der Waals surface area contributed by atoms with E-state index < -0.39 is 35.7 Å². The van der Waals surface area contributed by atoms with Gasteiger partial charge in [0.05, 0.1) is 13.7 Å². The van der Waals surface area contributed by atoms with Crippen LogP contribution in [-0.4, -0.2) is 67.2 Å². The molecule has 210 valence electrons. The van der Waals surface area contributed by atoms with Crippen molar-refractivity contribution >= 4 is 24.3 Å². The Morgan fingerprint density at radius 2 is 1.95 bits per heavy atom. The molecule has 1 aromatic carbocycles. The molecular formula is C26H30F4N6O3. The number of benzene rings is 1. The lowest BCUT2D eigenvalue weighted by Crippen LogP contribution is -2.36. The van der Waals surface area contributed by atoms with E-state index in [0.717, 1.165) is 12.1 Å². The Labute approximate surface area is 224 Å². The Balaban J connectivity index is 2.16. The van der Waals surface area contributed by atoms with Gasteiger partial charge in [-0.3, -0.25) is 10.0 Å². The molecule has 0 bridgehead atoms. The first-order valence-electron chi connectivity index (χ1n) is 11.6. The molecule has 39 heavy (non-hydrogen) atoms. The number of alkyl halides is 2. The highest BCUT2D eigenvalue weighted by atomic mass is 19.3. The molecule has 2 rings (SSSR count). The maximum Gasteiger partial charge on any atom is 0.322 e. The third kappa shape index (κ3) is 8.55. The molecule has 1 aromatic heterocycles. The van der Waals surface area contributed by atoms with E-state index in [0.29, 0.717) is 17.8 Å². The molecule has 2 amide bonds. The number of halogens is 4. The number of allylic oxidation sites excluding steroid dienone is 1. The van der Waals surface area contributed by atoms with E-state index >= 15 is 0 Å². The molecule has 0 unspecified atom stereocenters. The van der Waals surface area contributed by atoms with E-state index in [2.05, 4.69) is 33.7 Å². The number of urea groups is 1. The molecular weight excluding hydrogens is 520 g/mol. The molecule has 1 N–H and O–H groups in total. The minimum atomic E-state index is -2.99. The summed E-state index contributed by atoms with van der Waals surface area (Å²) in [6.07, 6.45) is 0.0319. The number of ether oxygens (including phenoxy) is 2. The molecule has 0 saturated carbocycles. The van der Waals surface area contributed by atoms with Crippen molar-refractivity contribution in [1.82, 2.24) is 14.9 Å². The number of carbonyl (C=O) groups is 1. The van der Waals surface area contributed by atoms with Gasteiger partial charge in [0.25, 0.3) is 6.43 Å². The van der Waals surface area contributed by atoms with Gasteiger partial charge in [0.15, 0.2) is 5.76 Å². The predicted octanol–water partition coefficient (Wildman–Crippen LogP) is 5.42. The van der Waals surface area contributed by atoms with Crippen LogP contribution >= 0.6 is 0 Å². The number of carbonyl (C=O) groups excluding carboxylic acids is 1. The summed E-state index contributed by atoms with van der Waals surface area (Å²) < 4.78 is 65.2. The first kappa shape index (κ1) is 30.8. The first-order chi connectivity index (χ1) is 18.5. The third-order valence-corrected chi connectivity index (χ3v) is 5.25. The Hall–Kier alpha value is -4.42. The minimum Gasteiger partial charge on any atom is -0.480 e. The monoisotopic (exact) mass is 550 g/mol. The molecule has 0 radical (unpaired) electrons. The van der Waals surface area contributed by atoms with Crippen LogP contribution in [0.15, 0.2) is 64.7 Å². The summed E-state index contributed by atoms with van der Waals surface area (Å²) in [5.41, 5.74) is 0.494. The van der Waals surface area contributed by atoms with Crippen LogP contribution in [0, 0.1) is 11.6 Å². The van der Waals surface area contributed by atoms with Crippen LogP contribution in [0.25, 0.3) is 0 Å². The largest absolute Gasteiger partial charge is 0.480 e. The van der Waals surface area contributed by atoms with E-state index in [1.54, 1.807) is 26.0 Å². The molecule has 0 aliphatic heterocycles. The highest BCUT2D eigenvalue weighted by Gasteiger charge is 2.20. The molecule has 0 aliphatic rings. The number of nitrogens with one attached hydrogen (secondary N) is 1. The van der Waals surface area contributed by atoms with Gasteiger partial charge in [0.1, 0.15) is 17.3 Å². The number of likely N-dealkylation sites (N-methyl/N-ethyl adjacent to an activating group) is 1. The van der Waals surface area contributed by atoms with Crippen LogP contribution in [0.3, 0.4) is 0 Å². The van der Waals surface area contributed by atoms with Crippen molar-refractivity contribution in [3.63, 3.8) is 0 Å². The number of aliphatic imine (C=N–C) groups is 1. The van der Waals surface area contributed by atoms with Gasteiger partial charge in [0, 0.05) is 50.4 Å². The minimum absolute atomic E-state index is 0.169. The van der Waals surface area contributed by atoms with Crippen LogP contribution in [0.5, 0.6) is 5.88 Å². The third-order valence-electron chi connectivity index (χ3n) is 5.25. The van der Waals surface area contributed by atoms with Crippen molar-refractivity contribution < 1.29 is 31.8 Å². The van der Waals surface area contributed by atoms with Gasteiger partial charge in [-0.05, 0) is 43.7 Å². The molecule has 0 fully saturated rings. The number of anilines is 1. The van der Waals surface area contributed by atoms with E-state index in [4.69, 9.17) is 9.47 Å². The highest BCUT2D eigenvalue weighted by Crippen LogP contribution is 2.22. The Kier molecular flexibility index (Phi) is 11.5. The lowest BCUT2D eigenvalue weighted by molar-refractivity contribution is 0.134. The second-order valence-corrected chi connectivity index (χ2v) is 8.04. The molecule has 0 aliphatic carbocycles. The summed E-state index contributed by atoms with van der Waals surface area (Å²) in [7, 11) is 2.66. The molecule has 0 atom stereocenters. The van der Waals surface area contributed by atoms with Crippen LogP contribution in [0.2, 0.25) is 0 Å². The Bertz CT molecular complexity index is 1230. The fraction of sp³-hybridized carbons (Fsp3) is 0.308. The fourth-order valence-corrected chi connectivity index (χ4v) is 3.34. The summed E-state index contributed by atoms with van der Waals surface area (Å²) in [5.74, 6) is -3.01. The normalized spacial score (nSPS) is 11.7. The number of rotatable bonds is 12. The molecule has 2 aromatic rings. The van der Waals surface area contributed by atoms with Crippen molar-refractivity contribution in [3.8, 4) is 5.88 Å². The van der Waals surface area contributed by atoms with Crippen LogP contribution in [0.1, 0.15) is 25.0 Å². The van der Waals surface area contributed by atoms with Gasteiger partial charge in [-0.25, -0.2) is 27.3 Å². The maximum absolute atomic E-state index is 14.9. The van der Waals surface area contributed by atoms with E-state index in [1.165, 1.54) is 36.5 Å². The summed E-state index contributed by atoms with van der Waals surface area (Å²) in [6, 6.07) is 4.71. The van der Waals surface area contributed by atoms with Crippen molar-refractivity contribution in [3.05, 3.63) is 77.3 Å². The van der Waals surface area contributed by atoms with Gasteiger partial charge in [-0.1, -0.05) is 6.58 Å². The highest BCUT2D eigenvalue weighted by molar-refractivity contribution is 5.94. The van der Waals surface area contributed by atoms with Crippen molar-refractivity contribution in [2.75, 3.05) is 32.6 Å². The molecule has 9 nitrogen and oxygen atoms in total. The average Bonchev–Trinajstić information content (AvgIpc) is 2.91. The van der Waals surface area contributed by atoms with Crippen LogP contribution in [-0.2, 0) is 11.3 Å². The summed E-state index contributed by atoms with van der Waals surface area (Å²) in [4.78, 5) is 22.0. The zero-order valence-corrected chi connectivity index (χ0v) is 22.0. The molecule has 1 heterocycles. The lowest BCUT2D eigenvalue weighted by atomic mass is 10.1.